The van der Waals surface area contributed by atoms with Crippen LogP contribution in [0.1, 0.15) is 50.9 Å². The molecule has 1 aromatic carbocycles. The molecular formula is C16H23ClO3. The van der Waals surface area contributed by atoms with E-state index in [2.05, 4.69) is 6.92 Å². The number of hydrogen-bond acceptors (Lipinski definition) is 3. The zero-order valence-corrected chi connectivity index (χ0v) is 13.3. The average Bonchev–Trinajstić information content (AvgIpc) is 2.37. The van der Waals surface area contributed by atoms with E-state index in [4.69, 9.17) is 21.1 Å². The second kappa shape index (κ2) is 8.28. The van der Waals surface area contributed by atoms with Crippen LogP contribution in [0.15, 0.2) is 24.3 Å². The maximum Gasteiger partial charge on any atom is 0.338 e. The molecule has 4 heteroatoms. The number of carbonyl (C=O) groups excluding carboxylic acids is 1. The second-order valence-electron chi connectivity index (χ2n) is 5.13. The molecule has 1 rings (SSSR count). The van der Waals surface area contributed by atoms with Gasteiger partial charge in [-0.1, -0.05) is 24.6 Å². The highest BCUT2D eigenvalue weighted by Crippen LogP contribution is 2.15. The number of benzene rings is 1. The summed E-state index contributed by atoms with van der Waals surface area (Å²) < 4.78 is 11.2. The number of carbonyl (C=O) groups is 1. The minimum absolute atomic E-state index is 0.0621. The SMILES string of the molecule is CCC(C)OC(C)CC(C)OC(=O)c1cccc(Cl)c1. The molecule has 0 radical (unpaired) electrons. The second-order valence-corrected chi connectivity index (χ2v) is 5.56. The summed E-state index contributed by atoms with van der Waals surface area (Å²) in [6, 6.07) is 6.76. The molecule has 0 saturated heterocycles. The van der Waals surface area contributed by atoms with Crippen molar-refractivity contribution in [1.82, 2.24) is 0 Å². The van der Waals surface area contributed by atoms with Crippen LogP contribution < -0.4 is 0 Å². The molecule has 3 atom stereocenters. The smallest absolute Gasteiger partial charge is 0.338 e. The van der Waals surface area contributed by atoms with Crippen LogP contribution in [0.3, 0.4) is 0 Å². The molecule has 0 aliphatic heterocycles. The van der Waals surface area contributed by atoms with E-state index in [1.54, 1.807) is 24.3 Å². The number of rotatable bonds is 7. The van der Waals surface area contributed by atoms with Gasteiger partial charge in [-0.05, 0) is 45.4 Å². The first kappa shape index (κ1) is 17.0. The van der Waals surface area contributed by atoms with E-state index in [1.807, 2.05) is 20.8 Å². The van der Waals surface area contributed by atoms with Crippen molar-refractivity contribution < 1.29 is 14.3 Å². The fourth-order valence-electron chi connectivity index (χ4n) is 1.93. The van der Waals surface area contributed by atoms with Crippen molar-refractivity contribution >= 4 is 17.6 Å². The minimum atomic E-state index is -0.351. The Balaban J connectivity index is 2.45. The third-order valence-electron chi connectivity index (χ3n) is 3.07. The van der Waals surface area contributed by atoms with Gasteiger partial charge in [0.1, 0.15) is 6.10 Å². The van der Waals surface area contributed by atoms with Gasteiger partial charge in [0.2, 0.25) is 0 Å². The lowest BCUT2D eigenvalue weighted by atomic mass is 10.2. The Hall–Kier alpha value is -1.06. The number of hydrogen-bond donors (Lipinski definition) is 0. The van der Waals surface area contributed by atoms with E-state index in [-0.39, 0.29) is 24.3 Å². The third kappa shape index (κ3) is 5.93. The molecule has 20 heavy (non-hydrogen) atoms. The summed E-state index contributed by atoms with van der Waals surface area (Å²) in [5, 5.41) is 0.528. The summed E-state index contributed by atoms with van der Waals surface area (Å²) in [5.74, 6) is -0.351. The lowest BCUT2D eigenvalue weighted by molar-refractivity contribution is -0.0250. The van der Waals surface area contributed by atoms with E-state index in [9.17, 15) is 4.79 Å². The zero-order chi connectivity index (χ0) is 15.1. The molecular weight excluding hydrogens is 276 g/mol. The largest absolute Gasteiger partial charge is 0.459 e. The number of halogens is 1. The Morgan fingerprint density at radius 1 is 1.20 bits per heavy atom. The molecule has 112 valence electrons. The molecule has 0 N–H and O–H groups in total. The molecule has 0 aliphatic rings. The maximum absolute atomic E-state index is 11.9. The first-order valence-electron chi connectivity index (χ1n) is 7.04. The molecule has 0 aliphatic carbocycles. The van der Waals surface area contributed by atoms with Crippen molar-refractivity contribution in [2.45, 2.75) is 58.8 Å². The van der Waals surface area contributed by atoms with Gasteiger partial charge >= 0.3 is 5.97 Å². The molecule has 3 nitrogen and oxygen atoms in total. The van der Waals surface area contributed by atoms with Gasteiger partial charge in [0.15, 0.2) is 0 Å². The normalized spacial score (nSPS) is 15.4. The third-order valence-corrected chi connectivity index (χ3v) is 3.31. The topological polar surface area (TPSA) is 35.5 Å². The molecule has 0 bridgehead atoms. The minimum Gasteiger partial charge on any atom is -0.459 e. The van der Waals surface area contributed by atoms with Crippen molar-refractivity contribution in [2.75, 3.05) is 0 Å². The van der Waals surface area contributed by atoms with Crippen LogP contribution in [0.5, 0.6) is 0 Å². The van der Waals surface area contributed by atoms with Crippen LogP contribution in [0.2, 0.25) is 5.02 Å². The Morgan fingerprint density at radius 2 is 1.90 bits per heavy atom. The summed E-state index contributed by atoms with van der Waals surface area (Å²) >= 11 is 5.86. The molecule has 0 saturated carbocycles. The van der Waals surface area contributed by atoms with E-state index in [0.717, 1.165) is 6.42 Å². The molecule has 0 spiro atoms. The summed E-state index contributed by atoms with van der Waals surface area (Å²) in [7, 11) is 0. The van der Waals surface area contributed by atoms with Crippen LogP contribution in [0.4, 0.5) is 0 Å². The van der Waals surface area contributed by atoms with Gasteiger partial charge in [-0.15, -0.1) is 0 Å². The van der Waals surface area contributed by atoms with Gasteiger partial charge in [-0.3, -0.25) is 0 Å². The van der Waals surface area contributed by atoms with E-state index < -0.39 is 0 Å². The van der Waals surface area contributed by atoms with Crippen molar-refractivity contribution in [3.63, 3.8) is 0 Å². The molecule has 3 unspecified atom stereocenters. The van der Waals surface area contributed by atoms with Crippen LogP contribution in [-0.4, -0.2) is 24.3 Å². The average molecular weight is 299 g/mol. The summed E-state index contributed by atoms with van der Waals surface area (Å²) in [6.45, 7) is 7.99. The van der Waals surface area contributed by atoms with Gasteiger partial charge in [0.25, 0.3) is 0 Å². The van der Waals surface area contributed by atoms with Crippen molar-refractivity contribution in [2.24, 2.45) is 0 Å². The van der Waals surface area contributed by atoms with Crippen LogP contribution >= 0.6 is 11.6 Å². The molecule has 0 heterocycles. The number of ether oxygens (including phenoxy) is 2. The van der Waals surface area contributed by atoms with Gasteiger partial charge in [-0.25, -0.2) is 4.79 Å². The molecule has 0 fully saturated rings. The standard InChI is InChI=1S/C16H23ClO3/c1-5-11(2)19-12(3)9-13(4)20-16(18)14-7-6-8-15(17)10-14/h6-8,10-13H,5,9H2,1-4H3. The highest BCUT2D eigenvalue weighted by atomic mass is 35.5. The first-order valence-corrected chi connectivity index (χ1v) is 7.42. The Labute approximate surface area is 126 Å². The fourth-order valence-corrected chi connectivity index (χ4v) is 2.12. The van der Waals surface area contributed by atoms with Gasteiger partial charge in [0.05, 0.1) is 17.8 Å². The van der Waals surface area contributed by atoms with Crippen molar-refractivity contribution in [1.29, 1.82) is 0 Å². The molecule has 0 aromatic heterocycles. The fraction of sp³-hybridized carbons (Fsp3) is 0.562. The van der Waals surface area contributed by atoms with Gasteiger partial charge < -0.3 is 9.47 Å². The maximum atomic E-state index is 11.9. The predicted molar refractivity (Wildman–Crippen MR) is 81.2 cm³/mol. The lowest BCUT2D eigenvalue weighted by Crippen LogP contribution is -2.24. The van der Waals surface area contributed by atoms with Gasteiger partial charge in [-0.2, -0.15) is 0 Å². The summed E-state index contributed by atoms with van der Waals surface area (Å²) in [4.78, 5) is 11.9. The Morgan fingerprint density at radius 3 is 2.50 bits per heavy atom. The Kier molecular flexibility index (Phi) is 7.03. The van der Waals surface area contributed by atoms with Gasteiger partial charge in [0, 0.05) is 11.4 Å². The number of esters is 1. The molecule has 1 aromatic rings. The van der Waals surface area contributed by atoms with Crippen molar-refractivity contribution in [3.8, 4) is 0 Å². The highest BCUT2D eigenvalue weighted by Gasteiger charge is 2.16. The highest BCUT2D eigenvalue weighted by molar-refractivity contribution is 6.30. The first-order chi connectivity index (χ1) is 9.42. The zero-order valence-electron chi connectivity index (χ0n) is 12.6. The monoisotopic (exact) mass is 298 g/mol. The lowest BCUT2D eigenvalue weighted by Gasteiger charge is -2.21. The Bertz CT molecular complexity index is 433. The van der Waals surface area contributed by atoms with E-state index >= 15 is 0 Å². The quantitative estimate of drug-likeness (QED) is 0.696. The van der Waals surface area contributed by atoms with Crippen LogP contribution in [0, 0.1) is 0 Å². The van der Waals surface area contributed by atoms with Crippen molar-refractivity contribution in [3.05, 3.63) is 34.9 Å². The summed E-state index contributed by atoms with van der Waals surface area (Å²) in [6.07, 6.45) is 1.74. The van der Waals surface area contributed by atoms with E-state index in [1.165, 1.54) is 0 Å². The predicted octanol–water partition coefficient (Wildman–Crippen LogP) is 4.48. The molecule has 0 amide bonds. The van der Waals surface area contributed by atoms with E-state index in [0.29, 0.717) is 17.0 Å². The van der Waals surface area contributed by atoms with Crippen LogP contribution in [-0.2, 0) is 9.47 Å². The summed E-state index contributed by atoms with van der Waals surface area (Å²) in [5.41, 5.74) is 0.472. The van der Waals surface area contributed by atoms with Crippen LogP contribution in [0.25, 0.3) is 0 Å².